The van der Waals surface area contributed by atoms with Gasteiger partial charge in [0.05, 0.1) is 18.1 Å². The Kier molecular flexibility index (Phi) is 3.81. The van der Waals surface area contributed by atoms with Crippen molar-refractivity contribution < 1.29 is 4.79 Å². The van der Waals surface area contributed by atoms with Crippen LogP contribution in [0, 0.1) is 0 Å². The Balaban J connectivity index is 1.85. The summed E-state index contributed by atoms with van der Waals surface area (Å²) in [4.78, 5) is 22.7. The molecule has 1 fully saturated rings. The van der Waals surface area contributed by atoms with E-state index in [9.17, 15) is 4.79 Å². The highest BCUT2D eigenvalue weighted by Gasteiger charge is 2.18. The summed E-state index contributed by atoms with van der Waals surface area (Å²) in [5.41, 5.74) is 7.85. The topological polar surface area (TPSA) is 72.1 Å². The summed E-state index contributed by atoms with van der Waals surface area (Å²) >= 11 is 0. The number of anilines is 1. The maximum absolute atomic E-state index is 12.5. The molecular weight excluding hydrogens is 264 g/mol. The lowest BCUT2D eigenvalue weighted by Gasteiger charge is -2.26. The average molecular weight is 282 g/mol. The van der Waals surface area contributed by atoms with Gasteiger partial charge in [-0.2, -0.15) is 0 Å². The molecule has 2 N–H and O–H groups in total. The van der Waals surface area contributed by atoms with Crippen LogP contribution in [0.4, 0.5) is 5.82 Å². The summed E-state index contributed by atoms with van der Waals surface area (Å²) in [5, 5.41) is 0. The first kappa shape index (κ1) is 13.5. The van der Waals surface area contributed by atoms with Crippen molar-refractivity contribution in [3.8, 4) is 11.3 Å². The highest BCUT2D eigenvalue weighted by atomic mass is 16.2. The van der Waals surface area contributed by atoms with Crippen LogP contribution in [-0.4, -0.2) is 33.9 Å². The van der Waals surface area contributed by atoms with Gasteiger partial charge in [-0.1, -0.05) is 12.1 Å². The van der Waals surface area contributed by atoms with E-state index in [0.29, 0.717) is 11.4 Å². The number of piperidine rings is 1. The summed E-state index contributed by atoms with van der Waals surface area (Å²) in [6.45, 7) is 1.70. The molecular formula is C16H18N4O. The van der Waals surface area contributed by atoms with Crippen LogP contribution in [0.1, 0.15) is 29.6 Å². The summed E-state index contributed by atoms with van der Waals surface area (Å²) in [7, 11) is 0. The van der Waals surface area contributed by atoms with Crippen molar-refractivity contribution >= 4 is 11.7 Å². The van der Waals surface area contributed by atoms with E-state index in [-0.39, 0.29) is 5.91 Å². The molecule has 0 saturated carbocycles. The van der Waals surface area contributed by atoms with Gasteiger partial charge in [-0.15, -0.1) is 0 Å². The monoisotopic (exact) mass is 282 g/mol. The zero-order chi connectivity index (χ0) is 14.7. The average Bonchev–Trinajstić information content (AvgIpc) is 2.56. The largest absolute Gasteiger partial charge is 0.382 e. The minimum Gasteiger partial charge on any atom is -0.382 e. The SMILES string of the molecule is Nc1cnc(-c2cccc(C(=O)N3CCCCC3)c2)cn1. The minimum atomic E-state index is 0.0972. The Morgan fingerprint density at radius 3 is 2.62 bits per heavy atom. The predicted molar refractivity (Wildman–Crippen MR) is 81.6 cm³/mol. The molecule has 0 radical (unpaired) electrons. The molecule has 5 heteroatoms. The molecule has 1 saturated heterocycles. The number of hydrogen-bond acceptors (Lipinski definition) is 4. The lowest BCUT2D eigenvalue weighted by Crippen LogP contribution is -2.35. The molecule has 2 aromatic rings. The maximum Gasteiger partial charge on any atom is 0.253 e. The van der Waals surface area contributed by atoms with E-state index < -0.39 is 0 Å². The highest BCUT2D eigenvalue weighted by molar-refractivity contribution is 5.95. The van der Waals surface area contributed by atoms with Crippen LogP contribution in [0.25, 0.3) is 11.3 Å². The number of hydrogen-bond donors (Lipinski definition) is 1. The number of nitrogens with two attached hydrogens (primary N) is 1. The summed E-state index contributed by atoms with van der Waals surface area (Å²) in [5.74, 6) is 0.485. The second-order valence-electron chi connectivity index (χ2n) is 5.26. The Morgan fingerprint density at radius 2 is 1.90 bits per heavy atom. The first-order valence-electron chi connectivity index (χ1n) is 7.21. The summed E-state index contributed by atoms with van der Waals surface area (Å²) in [6, 6.07) is 7.53. The molecule has 3 rings (SSSR count). The second-order valence-corrected chi connectivity index (χ2v) is 5.26. The van der Waals surface area contributed by atoms with Gasteiger partial charge in [-0.05, 0) is 31.4 Å². The lowest BCUT2D eigenvalue weighted by atomic mass is 10.1. The number of likely N-dealkylation sites (tertiary alicyclic amines) is 1. The molecule has 0 bridgehead atoms. The Morgan fingerprint density at radius 1 is 1.10 bits per heavy atom. The molecule has 1 amide bonds. The first-order chi connectivity index (χ1) is 10.2. The number of carbonyl (C=O) groups excluding carboxylic acids is 1. The van der Waals surface area contributed by atoms with E-state index in [4.69, 9.17) is 5.73 Å². The quantitative estimate of drug-likeness (QED) is 0.917. The van der Waals surface area contributed by atoms with Crippen molar-refractivity contribution in [1.29, 1.82) is 0 Å². The fourth-order valence-corrected chi connectivity index (χ4v) is 2.58. The Hall–Kier alpha value is -2.43. The van der Waals surface area contributed by atoms with Crippen LogP contribution in [0.5, 0.6) is 0 Å². The molecule has 0 unspecified atom stereocenters. The van der Waals surface area contributed by atoms with Crippen molar-refractivity contribution in [1.82, 2.24) is 14.9 Å². The number of amides is 1. The van der Waals surface area contributed by atoms with Gasteiger partial charge < -0.3 is 10.6 Å². The number of carbonyl (C=O) groups is 1. The van der Waals surface area contributed by atoms with E-state index >= 15 is 0 Å². The predicted octanol–water partition coefficient (Wildman–Crippen LogP) is 2.35. The van der Waals surface area contributed by atoms with Crippen LogP contribution >= 0.6 is 0 Å². The number of benzene rings is 1. The first-order valence-corrected chi connectivity index (χ1v) is 7.21. The molecule has 2 heterocycles. The van der Waals surface area contributed by atoms with Gasteiger partial charge in [0.1, 0.15) is 5.82 Å². The van der Waals surface area contributed by atoms with Gasteiger partial charge in [0.2, 0.25) is 0 Å². The van der Waals surface area contributed by atoms with Crippen LogP contribution in [0.3, 0.4) is 0 Å². The van der Waals surface area contributed by atoms with E-state index in [2.05, 4.69) is 9.97 Å². The van der Waals surface area contributed by atoms with Gasteiger partial charge in [-0.25, -0.2) is 4.98 Å². The third-order valence-electron chi connectivity index (χ3n) is 3.72. The maximum atomic E-state index is 12.5. The van der Waals surface area contributed by atoms with Crippen molar-refractivity contribution in [3.63, 3.8) is 0 Å². The molecule has 5 nitrogen and oxygen atoms in total. The van der Waals surface area contributed by atoms with E-state index in [1.165, 1.54) is 12.6 Å². The fraction of sp³-hybridized carbons (Fsp3) is 0.312. The van der Waals surface area contributed by atoms with Crippen molar-refractivity contribution in [2.45, 2.75) is 19.3 Å². The van der Waals surface area contributed by atoms with Gasteiger partial charge in [0, 0.05) is 24.2 Å². The summed E-state index contributed by atoms with van der Waals surface area (Å²) in [6.07, 6.45) is 6.54. The third-order valence-corrected chi connectivity index (χ3v) is 3.72. The molecule has 108 valence electrons. The fourth-order valence-electron chi connectivity index (χ4n) is 2.58. The second kappa shape index (κ2) is 5.91. The van der Waals surface area contributed by atoms with Crippen LogP contribution in [0.2, 0.25) is 0 Å². The molecule has 1 aliphatic heterocycles. The molecule has 1 aliphatic rings. The van der Waals surface area contributed by atoms with Crippen LogP contribution < -0.4 is 5.73 Å². The smallest absolute Gasteiger partial charge is 0.253 e. The number of aromatic nitrogens is 2. The van der Waals surface area contributed by atoms with E-state index in [1.54, 1.807) is 6.20 Å². The van der Waals surface area contributed by atoms with E-state index in [0.717, 1.165) is 37.2 Å². The van der Waals surface area contributed by atoms with Crippen molar-refractivity contribution in [2.24, 2.45) is 0 Å². The molecule has 0 spiro atoms. The number of nitrogens with zero attached hydrogens (tertiary/aromatic N) is 3. The molecule has 1 aromatic heterocycles. The molecule has 21 heavy (non-hydrogen) atoms. The Labute approximate surface area is 123 Å². The number of nitrogen functional groups attached to an aromatic ring is 1. The van der Waals surface area contributed by atoms with Gasteiger partial charge >= 0.3 is 0 Å². The third kappa shape index (κ3) is 3.02. The van der Waals surface area contributed by atoms with E-state index in [1.807, 2.05) is 29.2 Å². The minimum absolute atomic E-state index is 0.0972. The summed E-state index contributed by atoms with van der Waals surface area (Å²) < 4.78 is 0. The van der Waals surface area contributed by atoms with Crippen LogP contribution in [-0.2, 0) is 0 Å². The van der Waals surface area contributed by atoms with Gasteiger partial charge in [0.25, 0.3) is 5.91 Å². The molecule has 0 atom stereocenters. The van der Waals surface area contributed by atoms with Crippen LogP contribution in [0.15, 0.2) is 36.7 Å². The van der Waals surface area contributed by atoms with Crippen molar-refractivity contribution in [2.75, 3.05) is 18.8 Å². The Bertz CT molecular complexity index is 633. The normalized spacial score (nSPS) is 15.0. The molecule has 0 aliphatic carbocycles. The standard InChI is InChI=1S/C16H18N4O/c17-15-11-18-14(10-19-15)12-5-4-6-13(9-12)16(21)20-7-2-1-3-8-20/h4-6,9-11H,1-3,7-8H2,(H2,17,19). The van der Waals surface area contributed by atoms with Crippen molar-refractivity contribution in [3.05, 3.63) is 42.2 Å². The lowest BCUT2D eigenvalue weighted by molar-refractivity contribution is 0.0724. The number of rotatable bonds is 2. The zero-order valence-electron chi connectivity index (χ0n) is 11.8. The zero-order valence-corrected chi connectivity index (χ0v) is 11.8. The van der Waals surface area contributed by atoms with Gasteiger partial charge in [0.15, 0.2) is 0 Å². The van der Waals surface area contributed by atoms with Gasteiger partial charge in [-0.3, -0.25) is 9.78 Å². The highest BCUT2D eigenvalue weighted by Crippen LogP contribution is 2.20. The molecule has 1 aromatic carbocycles.